The van der Waals surface area contributed by atoms with Crippen LogP contribution in [0.15, 0.2) is 23.1 Å². The van der Waals surface area contributed by atoms with Crippen molar-refractivity contribution in [2.24, 2.45) is 0 Å². The van der Waals surface area contributed by atoms with E-state index < -0.39 is 14.9 Å². The lowest BCUT2D eigenvalue weighted by Crippen LogP contribution is -2.35. The second kappa shape index (κ2) is 9.48. The molecule has 0 aromatic heterocycles. The van der Waals surface area contributed by atoms with Gasteiger partial charge in [-0.25, -0.2) is 8.42 Å². The number of likely N-dealkylation sites (N-methyl/N-ethyl adjacent to an activating group) is 1. The Kier molecular flexibility index (Phi) is 7.97. The highest BCUT2D eigenvalue weighted by Crippen LogP contribution is 2.31. The molecule has 1 N–H and O–H groups in total. The topological polar surface area (TPSA) is 113 Å². The van der Waals surface area contributed by atoms with E-state index in [1.807, 2.05) is 6.92 Å². The molecule has 1 aromatic carbocycles. The SMILES string of the molecule is CCCNC(=O)CN(C)c1ccc(S(=O)(=O)N(CC)CC)cc1[N+](=O)[O-]. The van der Waals surface area contributed by atoms with Crippen molar-refractivity contribution in [3.8, 4) is 0 Å². The maximum Gasteiger partial charge on any atom is 0.293 e. The van der Waals surface area contributed by atoms with Crippen molar-refractivity contribution in [2.75, 3.05) is 38.1 Å². The molecular formula is C16H26N4O5S. The van der Waals surface area contributed by atoms with E-state index in [-0.39, 0.29) is 41.8 Å². The highest BCUT2D eigenvalue weighted by atomic mass is 32.2. The van der Waals surface area contributed by atoms with Gasteiger partial charge in [0.15, 0.2) is 0 Å². The molecule has 0 aliphatic heterocycles. The molecule has 0 aliphatic carbocycles. The Balaban J connectivity index is 3.21. The summed E-state index contributed by atoms with van der Waals surface area (Å²) in [5, 5.41) is 14.1. The zero-order chi connectivity index (χ0) is 19.9. The van der Waals surface area contributed by atoms with Crippen molar-refractivity contribution in [3.05, 3.63) is 28.3 Å². The first kappa shape index (κ1) is 21.8. The maximum atomic E-state index is 12.6. The van der Waals surface area contributed by atoms with Crippen LogP contribution < -0.4 is 10.2 Å². The molecule has 0 aliphatic rings. The normalized spacial score (nSPS) is 11.4. The molecule has 0 unspecified atom stereocenters. The fraction of sp³-hybridized carbons (Fsp3) is 0.562. The number of nitrogens with one attached hydrogen (secondary N) is 1. The third-order valence-corrected chi connectivity index (χ3v) is 5.90. The zero-order valence-electron chi connectivity index (χ0n) is 15.6. The van der Waals surface area contributed by atoms with Gasteiger partial charge in [0.05, 0.1) is 16.4 Å². The third kappa shape index (κ3) is 5.15. The number of hydrogen-bond donors (Lipinski definition) is 1. The van der Waals surface area contributed by atoms with Crippen LogP contribution >= 0.6 is 0 Å². The Labute approximate surface area is 154 Å². The minimum atomic E-state index is -3.80. The Morgan fingerprint density at radius 1 is 1.23 bits per heavy atom. The van der Waals surface area contributed by atoms with Crippen LogP contribution in [0.1, 0.15) is 27.2 Å². The molecule has 0 fully saturated rings. The molecule has 146 valence electrons. The number of amides is 1. The number of anilines is 1. The maximum absolute atomic E-state index is 12.6. The largest absolute Gasteiger partial charge is 0.360 e. The molecule has 0 saturated heterocycles. The monoisotopic (exact) mass is 386 g/mol. The van der Waals surface area contributed by atoms with Crippen molar-refractivity contribution in [1.29, 1.82) is 0 Å². The molecule has 0 saturated carbocycles. The highest BCUT2D eigenvalue weighted by molar-refractivity contribution is 7.89. The standard InChI is InChI=1S/C16H26N4O5S/c1-5-10-17-16(21)12-18(4)14-9-8-13(11-15(14)20(22)23)26(24,25)19(6-2)7-3/h8-9,11H,5-7,10,12H2,1-4H3,(H,17,21). The molecule has 0 atom stereocenters. The van der Waals surface area contributed by atoms with Gasteiger partial charge in [-0.15, -0.1) is 0 Å². The van der Waals surface area contributed by atoms with E-state index in [0.717, 1.165) is 12.5 Å². The van der Waals surface area contributed by atoms with Gasteiger partial charge in [0.1, 0.15) is 5.69 Å². The number of hydrogen-bond acceptors (Lipinski definition) is 6. The predicted octanol–water partition coefficient (Wildman–Crippen LogP) is 1.59. The van der Waals surface area contributed by atoms with Gasteiger partial charge in [-0.3, -0.25) is 14.9 Å². The van der Waals surface area contributed by atoms with Crippen LogP contribution in [0.5, 0.6) is 0 Å². The first-order chi connectivity index (χ1) is 12.2. The van der Waals surface area contributed by atoms with Gasteiger partial charge in [-0.1, -0.05) is 20.8 Å². The molecule has 1 rings (SSSR count). The van der Waals surface area contributed by atoms with Gasteiger partial charge in [0, 0.05) is 32.7 Å². The summed E-state index contributed by atoms with van der Waals surface area (Å²) in [6.07, 6.45) is 0.785. The summed E-state index contributed by atoms with van der Waals surface area (Å²) in [7, 11) is -2.26. The van der Waals surface area contributed by atoms with Crippen LogP contribution in [0.4, 0.5) is 11.4 Å². The second-order valence-electron chi connectivity index (χ2n) is 5.70. The van der Waals surface area contributed by atoms with Crippen LogP contribution in [0.3, 0.4) is 0 Å². The van der Waals surface area contributed by atoms with Crippen molar-refractivity contribution in [1.82, 2.24) is 9.62 Å². The van der Waals surface area contributed by atoms with Gasteiger partial charge in [0.2, 0.25) is 15.9 Å². The molecule has 1 aromatic rings. The molecule has 26 heavy (non-hydrogen) atoms. The minimum absolute atomic E-state index is 0.0665. The highest BCUT2D eigenvalue weighted by Gasteiger charge is 2.27. The number of nitrogens with zero attached hydrogens (tertiary/aromatic N) is 3. The summed E-state index contributed by atoms with van der Waals surface area (Å²) in [6, 6.07) is 3.74. The minimum Gasteiger partial charge on any atom is -0.360 e. The third-order valence-electron chi connectivity index (χ3n) is 3.85. The lowest BCUT2D eigenvalue weighted by molar-refractivity contribution is -0.384. The molecule has 1 amide bonds. The number of benzene rings is 1. The summed E-state index contributed by atoms with van der Waals surface area (Å²) in [6.45, 7) is 6.32. The van der Waals surface area contributed by atoms with Crippen LogP contribution in [0, 0.1) is 10.1 Å². The van der Waals surface area contributed by atoms with E-state index in [4.69, 9.17) is 0 Å². The second-order valence-corrected chi connectivity index (χ2v) is 7.64. The molecule has 10 heteroatoms. The van der Waals surface area contributed by atoms with E-state index in [9.17, 15) is 23.3 Å². The number of carbonyl (C=O) groups excluding carboxylic acids is 1. The quantitative estimate of drug-likeness (QED) is 0.483. The number of rotatable bonds is 10. The van der Waals surface area contributed by atoms with Gasteiger partial charge < -0.3 is 10.2 Å². The van der Waals surface area contributed by atoms with Gasteiger partial charge in [-0.05, 0) is 18.6 Å². The van der Waals surface area contributed by atoms with Crippen LogP contribution in [-0.4, -0.2) is 56.8 Å². The molecule has 0 heterocycles. The van der Waals surface area contributed by atoms with Crippen LogP contribution in [0.25, 0.3) is 0 Å². The van der Waals surface area contributed by atoms with Gasteiger partial charge in [-0.2, -0.15) is 4.31 Å². The van der Waals surface area contributed by atoms with Crippen LogP contribution in [-0.2, 0) is 14.8 Å². The molecule has 9 nitrogen and oxygen atoms in total. The zero-order valence-corrected chi connectivity index (χ0v) is 16.4. The average molecular weight is 386 g/mol. The summed E-state index contributed by atoms with van der Waals surface area (Å²) in [5.41, 5.74) is -0.177. The Morgan fingerprint density at radius 3 is 2.35 bits per heavy atom. The molecule has 0 spiro atoms. The smallest absolute Gasteiger partial charge is 0.293 e. The van der Waals surface area contributed by atoms with Gasteiger partial charge >= 0.3 is 0 Å². The number of nitro groups is 1. The molecule has 0 radical (unpaired) electrons. The first-order valence-corrected chi connectivity index (χ1v) is 9.89. The number of sulfonamides is 1. The summed E-state index contributed by atoms with van der Waals surface area (Å²) in [5.74, 6) is -0.261. The summed E-state index contributed by atoms with van der Waals surface area (Å²) in [4.78, 5) is 23.9. The number of carbonyl (C=O) groups is 1. The fourth-order valence-electron chi connectivity index (χ4n) is 2.47. The van der Waals surface area contributed by atoms with Gasteiger partial charge in [0.25, 0.3) is 5.69 Å². The Hall–Kier alpha value is -2.20. The van der Waals surface area contributed by atoms with E-state index in [2.05, 4.69) is 5.32 Å². The van der Waals surface area contributed by atoms with E-state index >= 15 is 0 Å². The van der Waals surface area contributed by atoms with Crippen molar-refractivity contribution in [2.45, 2.75) is 32.1 Å². The Bertz CT molecular complexity index is 747. The lowest BCUT2D eigenvalue weighted by atomic mass is 10.2. The van der Waals surface area contributed by atoms with E-state index in [1.54, 1.807) is 20.9 Å². The fourth-order valence-corrected chi connectivity index (χ4v) is 3.94. The van der Waals surface area contributed by atoms with Crippen molar-refractivity contribution in [3.63, 3.8) is 0 Å². The Morgan fingerprint density at radius 2 is 1.85 bits per heavy atom. The summed E-state index contributed by atoms with van der Waals surface area (Å²) < 4.78 is 26.4. The van der Waals surface area contributed by atoms with Crippen molar-refractivity contribution >= 4 is 27.3 Å². The first-order valence-electron chi connectivity index (χ1n) is 8.45. The van der Waals surface area contributed by atoms with Crippen LogP contribution in [0.2, 0.25) is 0 Å². The average Bonchev–Trinajstić information content (AvgIpc) is 2.60. The molecule has 0 bridgehead atoms. The summed E-state index contributed by atoms with van der Waals surface area (Å²) >= 11 is 0. The number of nitro benzene ring substituents is 1. The van der Waals surface area contributed by atoms with E-state index in [0.29, 0.717) is 6.54 Å². The van der Waals surface area contributed by atoms with E-state index in [1.165, 1.54) is 21.3 Å². The van der Waals surface area contributed by atoms with Crippen molar-refractivity contribution < 1.29 is 18.1 Å². The molecular weight excluding hydrogens is 360 g/mol. The lowest BCUT2D eigenvalue weighted by Gasteiger charge is -2.21. The predicted molar refractivity (Wildman–Crippen MR) is 99.8 cm³/mol.